The highest BCUT2D eigenvalue weighted by molar-refractivity contribution is 5.29. The molecule has 1 unspecified atom stereocenters. The predicted octanol–water partition coefficient (Wildman–Crippen LogP) is 1.51. The summed E-state index contributed by atoms with van der Waals surface area (Å²) in [6, 6.07) is 7.91. The molecule has 0 aliphatic carbocycles. The lowest BCUT2D eigenvalue weighted by molar-refractivity contribution is 0.276. The van der Waals surface area contributed by atoms with Gasteiger partial charge in [-0.3, -0.25) is 0 Å². The molecule has 0 saturated carbocycles. The first-order chi connectivity index (χ1) is 7.31. The standard InChI is InChI=1S/C12H19NO2/c1-2-15-12-5-3-10(4-6-12)11(9-13)7-8-14/h3-6,11,14H,2,7-9,13H2,1H3. The first-order valence-corrected chi connectivity index (χ1v) is 5.35. The Kier molecular flexibility index (Phi) is 5.15. The maximum Gasteiger partial charge on any atom is 0.119 e. The van der Waals surface area contributed by atoms with Gasteiger partial charge < -0.3 is 15.6 Å². The Morgan fingerprint density at radius 1 is 1.33 bits per heavy atom. The monoisotopic (exact) mass is 209 g/mol. The molecule has 0 saturated heterocycles. The zero-order valence-electron chi connectivity index (χ0n) is 9.15. The molecule has 15 heavy (non-hydrogen) atoms. The van der Waals surface area contributed by atoms with Crippen LogP contribution >= 0.6 is 0 Å². The number of benzene rings is 1. The van der Waals surface area contributed by atoms with Crippen LogP contribution in [-0.4, -0.2) is 24.9 Å². The lowest BCUT2D eigenvalue weighted by atomic mass is 9.96. The molecule has 0 fully saturated rings. The van der Waals surface area contributed by atoms with Crippen LogP contribution in [0.5, 0.6) is 5.75 Å². The summed E-state index contributed by atoms with van der Waals surface area (Å²) in [5.41, 5.74) is 6.81. The van der Waals surface area contributed by atoms with Gasteiger partial charge in [-0.25, -0.2) is 0 Å². The van der Waals surface area contributed by atoms with Crippen LogP contribution in [0.25, 0.3) is 0 Å². The third-order valence-electron chi connectivity index (χ3n) is 2.42. The first-order valence-electron chi connectivity index (χ1n) is 5.35. The van der Waals surface area contributed by atoms with Crippen molar-refractivity contribution in [1.82, 2.24) is 0 Å². The normalized spacial score (nSPS) is 12.5. The maximum atomic E-state index is 8.89. The smallest absolute Gasteiger partial charge is 0.119 e. The topological polar surface area (TPSA) is 55.5 Å². The van der Waals surface area contributed by atoms with E-state index < -0.39 is 0 Å². The van der Waals surface area contributed by atoms with E-state index in [1.807, 2.05) is 31.2 Å². The zero-order chi connectivity index (χ0) is 11.1. The highest BCUT2D eigenvalue weighted by atomic mass is 16.5. The van der Waals surface area contributed by atoms with E-state index in [2.05, 4.69) is 0 Å². The molecular formula is C12H19NO2. The average molecular weight is 209 g/mol. The van der Waals surface area contributed by atoms with Gasteiger partial charge in [-0.15, -0.1) is 0 Å². The fourth-order valence-electron chi connectivity index (χ4n) is 1.58. The summed E-state index contributed by atoms with van der Waals surface area (Å²) >= 11 is 0. The molecule has 0 heterocycles. The highest BCUT2D eigenvalue weighted by Gasteiger charge is 2.08. The van der Waals surface area contributed by atoms with Gasteiger partial charge in [0.05, 0.1) is 6.61 Å². The van der Waals surface area contributed by atoms with Crippen LogP contribution in [0.1, 0.15) is 24.8 Å². The maximum absolute atomic E-state index is 8.89. The second-order valence-electron chi connectivity index (χ2n) is 3.45. The Labute approximate surface area is 90.9 Å². The molecule has 84 valence electrons. The minimum absolute atomic E-state index is 0.176. The SMILES string of the molecule is CCOc1ccc(C(CN)CCO)cc1. The molecule has 3 nitrogen and oxygen atoms in total. The molecule has 3 heteroatoms. The summed E-state index contributed by atoms with van der Waals surface area (Å²) < 4.78 is 5.35. The lowest BCUT2D eigenvalue weighted by Crippen LogP contribution is -2.13. The molecule has 1 aromatic carbocycles. The fraction of sp³-hybridized carbons (Fsp3) is 0.500. The second kappa shape index (κ2) is 6.43. The molecule has 0 amide bonds. The molecule has 0 aliphatic heterocycles. The summed E-state index contributed by atoms with van der Waals surface area (Å²) in [5, 5.41) is 8.89. The van der Waals surface area contributed by atoms with Gasteiger partial charge in [0.15, 0.2) is 0 Å². The Bertz CT molecular complexity index is 271. The van der Waals surface area contributed by atoms with Gasteiger partial charge in [0, 0.05) is 6.61 Å². The molecule has 1 aromatic rings. The highest BCUT2D eigenvalue weighted by Crippen LogP contribution is 2.21. The number of hydrogen-bond acceptors (Lipinski definition) is 3. The molecule has 1 rings (SSSR count). The molecule has 1 atom stereocenters. The van der Waals surface area contributed by atoms with E-state index in [9.17, 15) is 0 Å². The van der Waals surface area contributed by atoms with E-state index in [0.29, 0.717) is 19.6 Å². The van der Waals surface area contributed by atoms with Gasteiger partial charge in [0.1, 0.15) is 5.75 Å². The number of nitrogens with two attached hydrogens (primary N) is 1. The Morgan fingerprint density at radius 2 is 2.00 bits per heavy atom. The number of hydrogen-bond donors (Lipinski definition) is 2. The van der Waals surface area contributed by atoms with Crippen LogP contribution in [0.2, 0.25) is 0 Å². The van der Waals surface area contributed by atoms with Crippen molar-refractivity contribution in [2.24, 2.45) is 5.73 Å². The molecular weight excluding hydrogens is 190 g/mol. The van der Waals surface area contributed by atoms with Crippen LogP contribution in [0.4, 0.5) is 0 Å². The number of rotatable bonds is 6. The van der Waals surface area contributed by atoms with Crippen LogP contribution in [0, 0.1) is 0 Å². The lowest BCUT2D eigenvalue weighted by Gasteiger charge is -2.14. The van der Waals surface area contributed by atoms with Crippen molar-refractivity contribution in [3.05, 3.63) is 29.8 Å². The summed E-state index contributed by atoms with van der Waals surface area (Å²) in [6.45, 7) is 3.38. The summed E-state index contributed by atoms with van der Waals surface area (Å²) in [4.78, 5) is 0. The number of ether oxygens (including phenoxy) is 1. The van der Waals surface area contributed by atoms with E-state index in [4.69, 9.17) is 15.6 Å². The van der Waals surface area contributed by atoms with Crippen LogP contribution in [0.3, 0.4) is 0 Å². The summed E-state index contributed by atoms with van der Waals surface area (Å²) in [6.07, 6.45) is 0.713. The van der Waals surface area contributed by atoms with Crippen molar-refractivity contribution in [3.63, 3.8) is 0 Å². The van der Waals surface area contributed by atoms with E-state index in [0.717, 1.165) is 11.3 Å². The van der Waals surface area contributed by atoms with E-state index in [1.165, 1.54) is 0 Å². The minimum atomic E-state index is 0.176. The number of aliphatic hydroxyl groups excluding tert-OH is 1. The van der Waals surface area contributed by atoms with Crippen molar-refractivity contribution >= 4 is 0 Å². The molecule has 0 aromatic heterocycles. The largest absolute Gasteiger partial charge is 0.494 e. The van der Waals surface area contributed by atoms with Crippen LogP contribution in [0.15, 0.2) is 24.3 Å². The van der Waals surface area contributed by atoms with E-state index in [-0.39, 0.29) is 12.5 Å². The van der Waals surface area contributed by atoms with Gasteiger partial charge >= 0.3 is 0 Å². The Balaban J connectivity index is 2.68. The van der Waals surface area contributed by atoms with Crippen LogP contribution in [-0.2, 0) is 0 Å². The van der Waals surface area contributed by atoms with Crippen LogP contribution < -0.4 is 10.5 Å². The first kappa shape index (κ1) is 12.0. The molecule has 0 aliphatic rings. The van der Waals surface area contributed by atoms with Crippen molar-refractivity contribution in [2.45, 2.75) is 19.3 Å². The molecule has 0 bridgehead atoms. The Morgan fingerprint density at radius 3 is 2.47 bits per heavy atom. The van der Waals surface area contributed by atoms with E-state index in [1.54, 1.807) is 0 Å². The third-order valence-corrected chi connectivity index (χ3v) is 2.42. The summed E-state index contributed by atoms with van der Waals surface area (Å²) in [5.74, 6) is 1.12. The van der Waals surface area contributed by atoms with Gasteiger partial charge in [0.2, 0.25) is 0 Å². The van der Waals surface area contributed by atoms with Crippen molar-refractivity contribution in [3.8, 4) is 5.75 Å². The quantitative estimate of drug-likeness (QED) is 0.746. The predicted molar refractivity (Wildman–Crippen MR) is 61.1 cm³/mol. The second-order valence-corrected chi connectivity index (χ2v) is 3.45. The average Bonchev–Trinajstić information content (AvgIpc) is 2.28. The zero-order valence-corrected chi connectivity index (χ0v) is 9.15. The summed E-state index contributed by atoms with van der Waals surface area (Å²) in [7, 11) is 0. The van der Waals surface area contributed by atoms with E-state index >= 15 is 0 Å². The molecule has 3 N–H and O–H groups in total. The van der Waals surface area contributed by atoms with Gasteiger partial charge in [-0.1, -0.05) is 12.1 Å². The van der Waals surface area contributed by atoms with Crippen molar-refractivity contribution < 1.29 is 9.84 Å². The van der Waals surface area contributed by atoms with Gasteiger partial charge in [-0.05, 0) is 43.5 Å². The Hall–Kier alpha value is -1.06. The fourth-order valence-corrected chi connectivity index (χ4v) is 1.58. The van der Waals surface area contributed by atoms with Crippen molar-refractivity contribution in [2.75, 3.05) is 19.8 Å². The van der Waals surface area contributed by atoms with Gasteiger partial charge in [-0.2, -0.15) is 0 Å². The van der Waals surface area contributed by atoms with Gasteiger partial charge in [0.25, 0.3) is 0 Å². The van der Waals surface area contributed by atoms with Crippen molar-refractivity contribution in [1.29, 1.82) is 0 Å². The molecule has 0 radical (unpaired) electrons. The molecule has 0 spiro atoms. The minimum Gasteiger partial charge on any atom is -0.494 e. The third kappa shape index (κ3) is 3.53. The number of aliphatic hydroxyl groups is 1.